The number of aliphatic imine (C=N–C) groups is 2. The predicted molar refractivity (Wildman–Crippen MR) is 91.4 cm³/mol. The molecule has 3 aliphatic rings. The first-order chi connectivity index (χ1) is 10.5. The summed E-state index contributed by atoms with van der Waals surface area (Å²) in [6, 6.07) is 0.858. The molecule has 0 aromatic heterocycles. The number of hydrogen-bond donors (Lipinski definition) is 0. The molecule has 3 rings (SSSR count). The Hall–Kier alpha value is -1.46. The monoisotopic (exact) mass is 306 g/mol. The predicted octanol–water partition coefficient (Wildman–Crippen LogP) is 0.764. The molecule has 0 bridgehead atoms. The third kappa shape index (κ3) is 3.15. The van der Waals surface area contributed by atoms with Gasteiger partial charge in [0.15, 0.2) is 11.9 Å². The molecule has 6 heteroatoms. The first-order valence-corrected chi connectivity index (χ1v) is 8.54. The lowest BCUT2D eigenvalue weighted by Crippen LogP contribution is -2.34. The quantitative estimate of drug-likeness (QED) is 0.755. The molecule has 124 valence electrons. The molecule has 1 saturated carbocycles. The van der Waals surface area contributed by atoms with Crippen molar-refractivity contribution in [1.82, 2.24) is 19.6 Å². The van der Waals surface area contributed by atoms with Gasteiger partial charge in [0.05, 0.1) is 12.1 Å². The van der Waals surface area contributed by atoms with E-state index in [0.717, 1.165) is 44.5 Å². The number of likely N-dealkylation sites (N-methyl/N-ethyl adjacent to an activating group) is 4. The SMILES string of the molecule is CN1CCN(C)C1=NC1CCCC(N=C2N(C)CCN2C)C1. The Morgan fingerprint density at radius 2 is 1.05 bits per heavy atom. The molecule has 0 aromatic carbocycles. The summed E-state index contributed by atoms with van der Waals surface area (Å²) in [5.41, 5.74) is 0. The van der Waals surface area contributed by atoms with Crippen LogP contribution in [-0.2, 0) is 0 Å². The van der Waals surface area contributed by atoms with Gasteiger partial charge >= 0.3 is 0 Å². The second kappa shape index (κ2) is 6.34. The molecule has 2 atom stereocenters. The molecule has 22 heavy (non-hydrogen) atoms. The summed E-state index contributed by atoms with van der Waals surface area (Å²) >= 11 is 0. The lowest BCUT2D eigenvalue weighted by atomic mass is 9.92. The van der Waals surface area contributed by atoms with Crippen LogP contribution in [0.15, 0.2) is 9.98 Å². The standard InChI is InChI=1S/C16H30N6/c1-19-8-9-20(2)15(19)17-13-6-5-7-14(12-13)18-16-21(3)10-11-22(16)4/h13-14H,5-12H2,1-4H3. The van der Waals surface area contributed by atoms with Crippen LogP contribution < -0.4 is 0 Å². The summed E-state index contributed by atoms with van der Waals surface area (Å²) in [4.78, 5) is 19.2. The van der Waals surface area contributed by atoms with Gasteiger partial charge < -0.3 is 19.6 Å². The zero-order chi connectivity index (χ0) is 15.7. The van der Waals surface area contributed by atoms with E-state index in [0.29, 0.717) is 12.1 Å². The molecule has 6 nitrogen and oxygen atoms in total. The van der Waals surface area contributed by atoms with Crippen molar-refractivity contribution >= 4 is 11.9 Å². The highest BCUT2D eigenvalue weighted by Gasteiger charge is 2.27. The summed E-state index contributed by atoms with van der Waals surface area (Å²) in [5.74, 6) is 2.32. The molecule has 0 aromatic rings. The van der Waals surface area contributed by atoms with Gasteiger partial charge in [0, 0.05) is 54.4 Å². The average molecular weight is 306 g/mol. The molecular formula is C16H30N6. The number of guanidine groups is 2. The van der Waals surface area contributed by atoms with E-state index in [1.54, 1.807) is 0 Å². The third-order valence-electron chi connectivity index (χ3n) is 5.12. The maximum absolute atomic E-state index is 5.03. The third-order valence-corrected chi connectivity index (χ3v) is 5.12. The van der Waals surface area contributed by atoms with E-state index in [4.69, 9.17) is 9.98 Å². The van der Waals surface area contributed by atoms with Gasteiger partial charge in [-0.05, 0) is 25.7 Å². The fourth-order valence-corrected chi connectivity index (χ4v) is 3.68. The maximum atomic E-state index is 5.03. The lowest BCUT2D eigenvalue weighted by Gasteiger charge is -2.28. The van der Waals surface area contributed by atoms with Crippen LogP contribution in [0.25, 0.3) is 0 Å². The van der Waals surface area contributed by atoms with Crippen molar-refractivity contribution in [3.8, 4) is 0 Å². The Kier molecular flexibility index (Phi) is 4.45. The highest BCUT2D eigenvalue weighted by Crippen LogP contribution is 2.25. The van der Waals surface area contributed by atoms with Crippen molar-refractivity contribution in [3.05, 3.63) is 0 Å². The van der Waals surface area contributed by atoms with E-state index in [1.807, 2.05) is 0 Å². The van der Waals surface area contributed by atoms with Crippen LogP contribution in [0.4, 0.5) is 0 Å². The minimum absolute atomic E-state index is 0.429. The molecule has 2 aliphatic heterocycles. The fraction of sp³-hybridized carbons (Fsp3) is 0.875. The van der Waals surface area contributed by atoms with Gasteiger partial charge in [-0.2, -0.15) is 0 Å². The Morgan fingerprint density at radius 3 is 1.41 bits per heavy atom. The largest absolute Gasteiger partial charge is 0.344 e. The van der Waals surface area contributed by atoms with Crippen molar-refractivity contribution in [2.75, 3.05) is 54.4 Å². The summed E-state index contributed by atoms with van der Waals surface area (Å²) in [5, 5.41) is 0. The number of hydrogen-bond acceptors (Lipinski definition) is 2. The molecule has 2 saturated heterocycles. The minimum Gasteiger partial charge on any atom is -0.344 e. The summed E-state index contributed by atoms with van der Waals surface area (Å²) in [6.07, 6.45) is 4.75. The first-order valence-electron chi connectivity index (χ1n) is 8.54. The highest BCUT2D eigenvalue weighted by atomic mass is 15.4. The second-order valence-corrected chi connectivity index (χ2v) is 7.02. The zero-order valence-corrected chi connectivity index (χ0v) is 14.5. The van der Waals surface area contributed by atoms with Crippen LogP contribution in [-0.4, -0.2) is 98.0 Å². The van der Waals surface area contributed by atoms with Crippen molar-refractivity contribution in [2.45, 2.75) is 37.8 Å². The lowest BCUT2D eigenvalue weighted by molar-refractivity contribution is 0.382. The molecule has 2 heterocycles. The van der Waals surface area contributed by atoms with Gasteiger partial charge in [0.2, 0.25) is 0 Å². The van der Waals surface area contributed by atoms with Crippen LogP contribution >= 0.6 is 0 Å². The fourth-order valence-electron chi connectivity index (χ4n) is 3.68. The van der Waals surface area contributed by atoms with Gasteiger partial charge in [-0.1, -0.05) is 0 Å². The topological polar surface area (TPSA) is 37.7 Å². The Balaban J connectivity index is 1.67. The number of rotatable bonds is 2. The summed E-state index contributed by atoms with van der Waals surface area (Å²) in [7, 11) is 8.58. The van der Waals surface area contributed by atoms with Gasteiger partial charge in [-0.3, -0.25) is 0 Å². The van der Waals surface area contributed by atoms with Crippen molar-refractivity contribution < 1.29 is 0 Å². The highest BCUT2D eigenvalue weighted by molar-refractivity contribution is 5.82. The normalized spacial score (nSPS) is 29.6. The summed E-state index contributed by atoms with van der Waals surface area (Å²) < 4.78 is 0. The van der Waals surface area contributed by atoms with Crippen LogP contribution in [0.3, 0.4) is 0 Å². The van der Waals surface area contributed by atoms with Crippen LogP contribution in [0.1, 0.15) is 25.7 Å². The molecule has 0 N–H and O–H groups in total. The molecule has 0 spiro atoms. The minimum atomic E-state index is 0.429. The molecular weight excluding hydrogens is 276 g/mol. The van der Waals surface area contributed by atoms with Gasteiger partial charge in [-0.15, -0.1) is 0 Å². The van der Waals surface area contributed by atoms with E-state index in [9.17, 15) is 0 Å². The molecule has 0 radical (unpaired) electrons. The molecule has 1 aliphatic carbocycles. The van der Waals surface area contributed by atoms with Crippen LogP contribution in [0.5, 0.6) is 0 Å². The van der Waals surface area contributed by atoms with Gasteiger partial charge in [0.1, 0.15) is 0 Å². The van der Waals surface area contributed by atoms with Gasteiger partial charge in [0.25, 0.3) is 0 Å². The average Bonchev–Trinajstić information content (AvgIpc) is 2.98. The Bertz CT molecular complexity index is 396. The van der Waals surface area contributed by atoms with Crippen molar-refractivity contribution in [2.24, 2.45) is 9.98 Å². The number of nitrogens with zero attached hydrogens (tertiary/aromatic N) is 6. The molecule has 2 unspecified atom stereocenters. The van der Waals surface area contributed by atoms with E-state index >= 15 is 0 Å². The first kappa shape index (κ1) is 15.4. The second-order valence-electron chi connectivity index (χ2n) is 7.02. The van der Waals surface area contributed by atoms with Crippen LogP contribution in [0.2, 0.25) is 0 Å². The maximum Gasteiger partial charge on any atom is 0.196 e. The smallest absolute Gasteiger partial charge is 0.196 e. The van der Waals surface area contributed by atoms with E-state index in [1.165, 1.54) is 19.3 Å². The van der Waals surface area contributed by atoms with Crippen molar-refractivity contribution in [1.29, 1.82) is 0 Å². The van der Waals surface area contributed by atoms with E-state index in [2.05, 4.69) is 47.8 Å². The van der Waals surface area contributed by atoms with E-state index in [-0.39, 0.29) is 0 Å². The van der Waals surface area contributed by atoms with E-state index < -0.39 is 0 Å². The molecule has 0 amide bonds. The zero-order valence-electron chi connectivity index (χ0n) is 14.5. The Morgan fingerprint density at radius 1 is 0.682 bits per heavy atom. The van der Waals surface area contributed by atoms with Gasteiger partial charge in [-0.25, -0.2) is 9.98 Å². The van der Waals surface area contributed by atoms with Crippen molar-refractivity contribution in [3.63, 3.8) is 0 Å². The Labute approximate surface area is 134 Å². The van der Waals surface area contributed by atoms with Crippen LogP contribution in [0, 0.1) is 0 Å². The summed E-state index contributed by atoms with van der Waals surface area (Å²) in [6.45, 7) is 4.35. The molecule has 3 fully saturated rings.